The van der Waals surface area contributed by atoms with Crippen LogP contribution in [0, 0.1) is 11.3 Å². The molecule has 11 rings (SSSR count). The number of nitrogens with zero attached hydrogens (tertiary/aromatic N) is 5. The van der Waals surface area contributed by atoms with Gasteiger partial charge in [0, 0.05) is 55.6 Å². The molecule has 0 N–H and O–H groups in total. The van der Waals surface area contributed by atoms with Gasteiger partial charge in [0.25, 0.3) is 0 Å². The number of nitriles is 1. The Morgan fingerprint density at radius 1 is 0.396 bits per heavy atom. The lowest BCUT2D eigenvalue weighted by atomic mass is 10.0. The maximum atomic E-state index is 9.63. The lowest BCUT2D eigenvalue weighted by Crippen LogP contribution is -1.97. The first-order chi connectivity index (χ1) is 26.3. The summed E-state index contributed by atoms with van der Waals surface area (Å²) in [4.78, 5) is 5.00. The molecule has 11 aromatic rings. The van der Waals surface area contributed by atoms with Gasteiger partial charge in [0.15, 0.2) is 0 Å². The van der Waals surface area contributed by atoms with Crippen molar-refractivity contribution >= 4 is 65.5 Å². The van der Waals surface area contributed by atoms with Crippen LogP contribution in [0.25, 0.3) is 93.7 Å². The summed E-state index contributed by atoms with van der Waals surface area (Å²) in [6, 6.07) is 62.3. The first-order valence-corrected chi connectivity index (χ1v) is 17.8. The van der Waals surface area contributed by atoms with Crippen LogP contribution in [0.3, 0.4) is 0 Å². The van der Waals surface area contributed by atoms with Gasteiger partial charge in [0.1, 0.15) is 5.65 Å². The summed E-state index contributed by atoms with van der Waals surface area (Å²) in [7, 11) is 0. The monoisotopic (exact) mass is 675 g/mol. The van der Waals surface area contributed by atoms with Gasteiger partial charge in [-0.3, -0.25) is 4.57 Å². The zero-order valence-electron chi connectivity index (χ0n) is 28.5. The second-order valence-electron chi connectivity index (χ2n) is 13.5. The second-order valence-corrected chi connectivity index (χ2v) is 13.5. The van der Waals surface area contributed by atoms with E-state index in [1.165, 1.54) is 27.2 Å². The van der Waals surface area contributed by atoms with E-state index in [2.05, 4.69) is 171 Å². The quantitative estimate of drug-likeness (QED) is 0.186. The van der Waals surface area contributed by atoms with Crippen LogP contribution in [0.2, 0.25) is 0 Å². The van der Waals surface area contributed by atoms with E-state index in [9.17, 15) is 5.26 Å². The number of hydrogen-bond donors (Lipinski definition) is 0. The predicted octanol–water partition coefficient (Wildman–Crippen LogP) is 11.9. The summed E-state index contributed by atoms with van der Waals surface area (Å²) < 4.78 is 6.98. The Hall–Kier alpha value is -7.42. The second kappa shape index (κ2) is 11.3. The lowest BCUT2D eigenvalue weighted by molar-refractivity contribution is 1.13. The van der Waals surface area contributed by atoms with Crippen molar-refractivity contribution in [2.45, 2.75) is 0 Å². The van der Waals surface area contributed by atoms with Crippen molar-refractivity contribution in [1.82, 2.24) is 18.7 Å². The Balaban J connectivity index is 1.12. The number of pyridine rings is 1. The third-order valence-electron chi connectivity index (χ3n) is 10.7. The van der Waals surface area contributed by atoms with Crippen LogP contribution in [0.1, 0.15) is 5.56 Å². The van der Waals surface area contributed by atoms with Gasteiger partial charge >= 0.3 is 0 Å². The van der Waals surface area contributed by atoms with Crippen molar-refractivity contribution < 1.29 is 0 Å². The smallest absolute Gasteiger partial charge is 0.145 e. The van der Waals surface area contributed by atoms with E-state index >= 15 is 0 Å². The number of fused-ring (bicyclic) bond motifs is 10. The molecule has 0 aliphatic carbocycles. The Morgan fingerprint density at radius 2 is 0.943 bits per heavy atom. The van der Waals surface area contributed by atoms with E-state index in [0.29, 0.717) is 5.56 Å². The minimum atomic E-state index is 0.660. The van der Waals surface area contributed by atoms with E-state index in [1.807, 2.05) is 24.4 Å². The first kappa shape index (κ1) is 29.3. The molecule has 4 heterocycles. The standard InChI is InChI=1S/C48H29N5/c49-30-31-22-23-43-40(27-31)37-17-4-6-20-41(37)52(43)35-15-8-11-32(28-35)33-12-9-16-36(29-33)53-45-25-24-44-46(47(45)39-19-10-26-50-48(39)53)38-18-5-7-21-42(38)51(44)34-13-2-1-3-14-34/h1-29H. The minimum Gasteiger partial charge on any atom is -0.309 e. The number of rotatable bonds is 4. The molecular formula is C48H29N5. The molecule has 0 bridgehead atoms. The Bertz CT molecular complexity index is 3300. The molecule has 0 saturated heterocycles. The molecule has 0 saturated carbocycles. The van der Waals surface area contributed by atoms with Crippen molar-refractivity contribution in [3.63, 3.8) is 0 Å². The third kappa shape index (κ3) is 4.27. The highest BCUT2D eigenvalue weighted by atomic mass is 15.1. The van der Waals surface area contributed by atoms with Gasteiger partial charge in [0.05, 0.1) is 39.2 Å². The van der Waals surface area contributed by atoms with Crippen molar-refractivity contribution in [3.05, 3.63) is 182 Å². The zero-order valence-corrected chi connectivity index (χ0v) is 28.5. The molecule has 0 spiro atoms. The summed E-state index contributed by atoms with van der Waals surface area (Å²) in [5, 5.41) is 16.6. The van der Waals surface area contributed by atoms with Gasteiger partial charge in [-0.15, -0.1) is 0 Å². The maximum absolute atomic E-state index is 9.63. The number of aromatic nitrogens is 4. The fourth-order valence-electron chi connectivity index (χ4n) is 8.48. The summed E-state index contributed by atoms with van der Waals surface area (Å²) in [5.74, 6) is 0. The van der Waals surface area contributed by atoms with Crippen LogP contribution in [-0.4, -0.2) is 18.7 Å². The molecule has 4 aromatic heterocycles. The molecule has 0 unspecified atom stereocenters. The summed E-state index contributed by atoms with van der Waals surface area (Å²) in [6.45, 7) is 0. The maximum Gasteiger partial charge on any atom is 0.145 e. The first-order valence-electron chi connectivity index (χ1n) is 17.8. The summed E-state index contributed by atoms with van der Waals surface area (Å²) in [6.07, 6.45) is 1.89. The van der Waals surface area contributed by atoms with Gasteiger partial charge in [-0.1, -0.05) is 78.9 Å². The molecule has 246 valence electrons. The highest BCUT2D eigenvalue weighted by molar-refractivity contribution is 6.28. The van der Waals surface area contributed by atoms with E-state index in [0.717, 1.165) is 66.5 Å². The van der Waals surface area contributed by atoms with Gasteiger partial charge in [0.2, 0.25) is 0 Å². The van der Waals surface area contributed by atoms with Gasteiger partial charge < -0.3 is 9.13 Å². The number of para-hydroxylation sites is 3. The highest BCUT2D eigenvalue weighted by Crippen LogP contribution is 2.42. The molecule has 0 radical (unpaired) electrons. The fraction of sp³-hybridized carbons (Fsp3) is 0. The largest absolute Gasteiger partial charge is 0.309 e. The zero-order chi connectivity index (χ0) is 35.0. The molecular weight excluding hydrogens is 647 g/mol. The molecule has 5 heteroatoms. The molecule has 0 fully saturated rings. The Labute approximate surface area is 304 Å². The minimum absolute atomic E-state index is 0.660. The van der Waals surface area contributed by atoms with E-state index < -0.39 is 0 Å². The lowest BCUT2D eigenvalue weighted by Gasteiger charge is -2.12. The van der Waals surface area contributed by atoms with Crippen LogP contribution < -0.4 is 0 Å². The fourth-order valence-corrected chi connectivity index (χ4v) is 8.48. The van der Waals surface area contributed by atoms with Crippen molar-refractivity contribution in [1.29, 1.82) is 5.26 Å². The summed E-state index contributed by atoms with van der Waals surface area (Å²) >= 11 is 0. The van der Waals surface area contributed by atoms with Crippen LogP contribution in [0.5, 0.6) is 0 Å². The molecule has 5 nitrogen and oxygen atoms in total. The van der Waals surface area contributed by atoms with Crippen LogP contribution >= 0.6 is 0 Å². The van der Waals surface area contributed by atoms with Crippen LogP contribution in [-0.2, 0) is 0 Å². The number of hydrogen-bond acceptors (Lipinski definition) is 2. The average Bonchev–Trinajstić information content (AvgIpc) is 3.86. The van der Waals surface area contributed by atoms with Gasteiger partial charge in [-0.2, -0.15) is 5.26 Å². The van der Waals surface area contributed by atoms with Crippen LogP contribution in [0.4, 0.5) is 0 Å². The van der Waals surface area contributed by atoms with E-state index in [-0.39, 0.29) is 0 Å². The topological polar surface area (TPSA) is 51.5 Å². The predicted molar refractivity (Wildman–Crippen MR) is 217 cm³/mol. The van der Waals surface area contributed by atoms with Crippen molar-refractivity contribution in [3.8, 4) is 34.3 Å². The van der Waals surface area contributed by atoms with Crippen molar-refractivity contribution in [2.24, 2.45) is 0 Å². The molecule has 0 amide bonds. The third-order valence-corrected chi connectivity index (χ3v) is 10.7. The highest BCUT2D eigenvalue weighted by Gasteiger charge is 2.21. The Kier molecular flexibility index (Phi) is 6.25. The van der Waals surface area contributed by atoms with E-state index in [4.69, 9.17) is 4.98 Å². The van der Waals surface area contributed by atoms with Gasteiger partial charge in [-0.25, -0.2) is 4.98 Å². The summed E-state index contributed by atoms with van der Waals surface area (Å²) in [5.41, 5.74) is 12.8. The molecule has 7 aromatic carbocycles. The molecule has 0 aliphatic heterocycles. The average molecular weight is 676 g/mol. The SMILES string of the molecule is N#Cc1ccc2c(c1)c1ccccc1n2-c1cccc(-c2cccc(-n3c4ccc5c(c6ccccc6n5-c5ccccc5)c4c4cccnc43)c2)c1. The number of benzene rings is 7. The normalized spacial score (nSPS) is 11.8. The molecule has 0 aliphatic rings. The van der Waals surface area contributed by atoms with Crippen molar-refractivity contribution in [2.75, 3.05) is 0 Å². The van der Waals surface area contributed by atoms with Gasteiger partial charge in [-0.05, 0) is 102 Å². The molecule has 53 heavy (non-hydrogen) atoms. The Morgan fingerprint density at radius 3 is 1.70 bits per heavy atom. The molecule has 0 atom stereocenters. The van der Waals surface area contributed by atoms with Crippen LogP contribution in [0.15, 0.2) is 176 Å². The van der Waals surface area contributed by atoms with E-state index in [1.54, 1.807) is 0 Å².